The summed E-state index contributed by atoms with van der Waals surface area (Å²) in [5.74, 6) is 0.117. The Labute approximate surface area is 229 Å². The van der Waals surface area contributed by atoms with Crippen molar-refractivity contribution in [3.8, 4) is 17.0 Å². The van der Waals surface area contributed by atoms with Gasteiger partial charge in [-0.15, -0.1) is 0 Å². The van der Waals surface area contributed by atoms with Crippen molar-refractivity contribution in [2.24, 2.45) is 11.3 Å². The van der Waals surface area contributed by atoms with Crippen LogP contribution >= 0.6 is 0 Å². The minimum absolute atomic E-state index is 0.0418. The molecule has 2 amide bonds. The molecule has 1 atom stereocenters. The molecule has 1 saturated heterocycles. The number of rotatable bonds is 8. The SMILES string of the molecule is COCC(=O)N1C[C@@H](NC(=O)c2c(C)[nH]c3c(-c4cc(C(F)(F)F)ccc4OCC4CC4)ncnc23)C(C)(C)C1. The third-order valence-electron chi connectivity index (χ3n) is 7.60. The first-order valence-corrected chi connectivity index (χ1v) is 13.1. The van der Waals surface area contributed by atoms with Gasteiger partial charge in [-0.3, -0.25) is 9.59 Å². The van der Waals surface area contributed by atoms with Gasteiger partial charge in [0.05, 0.1) is 29.3 Å². The number of aryl methyl sites for hydroxylation is 1. The predicted octanol–water partition coefficient (Wildman–Crippen LogP) is 4.35. The zero-order chi connectivity index (χ0) is 28.8. The number of benzene rings is 1. The van der Waals surface area contributed by atoms with E-state index in [2.05, 4.69) is 20.3 Å². The van der Waals surface area contributed by atoms with Crippen LogP contribution in [0.15, 0.2) is 24.5 Å². The van der Waals surface area contributed by atoms with Crippen LogP contribution in [0.5, 0.6) is 5.75 Å². The molecule has 1 saturated carbocycles. The zero-order valence-corrected chi connectivity index (χ0v) is 22.8. The smallest absolute Gasteiger partial charge is 0.416 e. The Morgan fingerprint density at radius 2 is 1.98 bits per heavy atom. The maximum Gasteiger partial charge on any atom is 0.416 e. The Kier molecular flexibility index (Phi) is 7.24. The number of methoxy groups -OCH3 is 1. The molecule has 0 spiro atoms. The average Bonchev–Trinajstić information content (AvgIpc) is 3.58. The molecule has 1 aliphatic carbocycles. The van der Waals surface area contributed by atoms with Crippen LogP contribution in [0.2, 0.25) is 0 Å². The Balaban J connectivity index is 1.49. The summed E-state index contributed by atoms with van der Waals surface area (Å²) in [6, 6.07) is 2.99. The fourth-order valence-corrected chi connectivity index (χ4v) is 5.12. The summed E-state index contributed by atoms with van der Waals surface area (Å²) in [4.78, 5) is 39.4. The fraction of sp³-hybridized carbons (Fsp3) is 0.500. The summed E-state index contributed by atoms with van der Waals surface area (Å²) in [6.07, 6.45) is -1.27. The quantitative estimate of drug-likeness (QED) is 0.425. The van der Waals surface area contributed by atoms with E-state index >= 15 is 0 Å². The van der Waals surface area contributed by atoms with Crippen LogP contribution < -0.4 is 10.1 Å². The van der Waals surface area contributed by atoms with Gasteiger partial charge < -0.3 is 24.7 Å². The van der Waals surface area contributed by atoms with E-state index in [0.29, 0.717) is 36.8 Å². The third-order valence-corrected chi connectivity index (χ3v) is 7.60. The molecule has 0 radical (unpaired) electrons. The molecule has 0 bridgehead atoms. The molecule has 2 fully saturated rings. The van der Waals surface area contributed by atoms with Gasteiger partial charge in [0.2, 0.25) is 5.91 Å². The maximum atomic E-state index is 13.6. The second-order valence-corrected chi connectivity index (χ2v) is 11.3. The van der Waals surface area contributed by atoms with Gasteiger partial charge in [0, 0.05) is 36.9 Å². The van der Waals surface area contributed by atoms with Gasteiger partial charge in [0.25, 0.3) is 5.91 Å². The largest absolute Gasteiger partial charge is 0.493 e. The van der Waals surface area contributed by atoms with Gasteiger partial charge in [0.1, 0.15) is 29.9 Å². The molecular weight excluding hydrogens is 527 g/mol. The average molecular weight is 560 g/mol. The Bertz CT molecular complexity index is 1450. The van der Waals surface area contributed by atoms with E-state index in [4.69, 9.17) is 9.47 Å². The minimum Gasteiger partial charge on any atom is -0.493 e. The van der Waals surface area contributed by atoms with E-state index in [1.807, 2.05) is 13.8 Å². The van der Waals surface area contributed by atoms with Crippen LogP contribution in [-0.4, -0.2) is 71.1 Å². The topological polar surface area (TPSA) is 109 Å². The van der Waals surface area contributed by atoms with Gasteiger partial charge in [-0.1, -0.05) is 13.8 Å². The number of carbonyl (C=O) groups is 2. The number of aromatic amines is 1. The number of nitrogens with zero attached hydrogens (tertiary/aromatic N) is 3. The van der Waals surface area contributed by atoms with Gasteiger partial charge in [-0.25, -0.2) is 9.97 Å². The lowest BCUT2D eigenvalue weighted by atomic mass is 9.87. The van der Waals surface area contributed by atoms with Gasteiger partial charge in [-0.2, -0.15) is 13.2 Å². The van der Waals surface area contributed by atoms with Crippen LogP contribution in [0.3, 0.4) is 0 Å². The number of ether oxygens (including phenoxy) is 2. The summed E-state index contributed by atoms with van der Waals surface area (Å²) in [7, 11) is 1.45. The molecule has 3 heterocycles. The summed E-state index contributed by atoms with van der Waals surface area (Å²) < 4.78 is 51.8. The first kappa shape index (κ1) is 27.9. The fourth-order valence-electron chi connectivity index (χ4n) is 5.12. The molecule has 12 heteroatoms. The minimum atomic E-state index is -4.56. The summed E-state index contributed by atoms with van der Waals surface area (Å²) in [6.45, 7) is 6.79. The van der Waals surface area contributed by atoms with Gasteiger partial charge >= 0.3 is 6.18 Å². The lowest BCUT2D eigenvalue weighted by Crippen LogP contribution is -2.44. The maximum absolute atomic E-state index is 13.6. The highest BCUT2D eigenvalue weighted by molar-refractivity contribution is 6.09. The monoisotopic (exact) mass is 559 g/mol. The molecule has 9 nitrogen and oxygen atoms in total. The number of aromatic nitrogens is 3. The van der Waals surface area contributed by atoms with E-state index in [0.717, 1.165) is 25.0 Å². The number of hydrogen-bond donors (Lipinski definition) is 2. The normalized spacial score (nSPS) is 18.8. The van der Waals surface area contributed by atoms with Crippen LogP contribution in [0.1, 0.15) is 48.3 Å². The number of hydrogen-bond acceptors (Lipinski definition) is 6. The highest BCUT2D eigenvalue weighted by Gasteiger charge is 2.42. The summed E-state index contributed by atoms with van der Waals surface area (Å²) in [5, 5.41) is 3.04. The van der Waals surface area contributed by atoms with Crippen LogP contribution in [0, 0.1) is 18.3 Å². The number of halogens is 3. The molecule has 214 valence electrons. The number of nitrogens with one attached hydrogen (secondary N) is 2. The van der Waals surface area contributed by atoms with Gasteiger partial charge in [0.15, 0.2) is 0 Å². The molecule has 2 N–H and O–H groups in total. The van der Waals surface area contributed by atoms with Gasteiger partial charge in [-0.05, 0) is 43.9 Å². The highest BCUT2D eigenvalue weighted by Crippen LogP contribution is 2.40. The highest BCUT2D eigenvalue weighted by atomic mass is 19.4. The molecule has 1 aromatic carbocycles. The van der Waals surface area contributed by atoms with Crippen molar-refractivity contribution in [1.29, 1.82) is 0 Å². The summed E-state index contributed by atoms with van der Waals surface area (Å²) in [5.41, 5.74) is 0.531. The number of carbonyl (C=O) groups excluding carboxylic acids is 2. The van der Waals surface area contributed by atoms with E-state index in [9.17, 15) is 22.8 Å². The lowest BCUT2D eigenvalue weighted by molar-refractivity contribution is -0.137. The Morgan fingerprint density at radius 1 is 1.23 bits per heavy atom. The second kappa shape index (κ2) is 10.4. The number of H-pyrrole nitrogens is 1. The lowest BCUT2D eigenvalue weighted by Gasteiger charge is -2.26. The van der Waals surface area contributed by atoms with Crippen molar-refractivity contribution in [1.82, 2.24) is 25.2 Å². The molecule has 2 aliphatic rings. The van der Waals surface area contributed by atoms with E-state index < -0.39 is 23.1 Å². The molecule has 1 aliphatic heterocycles. The molecule has 2 aromatic heterocycles. The first-order valence-electron chi connectivity index (χ1n) is 13.1. The van der Waals surface area contributed by atoms with Crippen molar-refractivity contribution in [2.75, 3.05) is 33.4 Å². The number of likely N-dealkylation sites (tertiary alicyclic amines) is 1. The van der Waals surface area contributed by atoms with E-state index in [1.165, 1.54) is 19.5 Å². The van der Waals surface area contributed by atoms with Crippen molar-refractivity contribution >= 4 is 22.8 Å². The number of alkyl halides is 3. The predicted molar refractivity (Wildman–Crippen MR) is 141 cm³/mol. The standard InChI is InChI=1S/C28H32F3N5O4/c1-15-22(26(38)35-20-10-36(13-27(20,2)3)21(37)12-39-4)24-25(34-15)23(32-14-33-24)18-9-17(28(29,30)31)7-8-19(18)40-11-16-5-6-16/h7-9,14,16,20,34H,5-6,10-13H2,1-4H3,(H,35,38)/t20-/m1/s1. The van der Waals surface area contributed by atoms with Crippen molar-refractivity contribution in [3.63, 3.8) is 0 Å². The molecule has 40 heavy (non-hydrogen) atoms. The Morgan fingerprint density at radius 3 is 2.65 bits per heavy atom. The van der Waals surface area contributed by atoms with Crippen LogP contribution in [0.4, 0.5) is 13.2 Å². The Hall–Kier alpha value is -3.67. The molecule has 5 rings (SSSR count). The third kappa shape index (κ3) is 5.49. The number of fused-ring (bicyclic) bond motifs is 1. The second-order valence-electron chi connectivity index (χ2n) is 11.3. The number of amides is 2. The molecular formula is C28H32F3N5O4. The van der Waals surface area contributed by atoms with Crippen molar-refractivity contribution < 1.29 is 32.2 Å². The van der Waals surface area contributed by atoms with E-state index in [1.54, 1.807) is 11.8 Å². The molecule has 3 aromatic rings. The van der Waals surface area contributed by atoms with E-state index in [-0.39, 0.29) is 46.6 Å². The zero-order valence-electron chi connectivity index (χ0n) is 22.8. The van der Waals surface area contributed by atoms with Crippen molar-refractivity contribution in [2.45, 2.75) is 45.8 Å². The van der Waals surface area contributed by atoms with Crippen molar-refractivity contribution in [3.05, 3.63) is 41.3 Å². The van der Waals surface area contributed by atoms with Crippen LogP contribution in [-0.2, 0) is 15.7 Å². The first-order chi connectivity index (χ1) is 18.9. The summed E-state index contributed by atoms with van der Waals surface area (Å²) >= 11 is 0. The van der Waals surface area contributed by atoms with Crippen LogP contribution in [0.25, 0.3) is 22.3 Å². The molecule has 0 unspecified atom stereocenters.